The van der Waals surface area contributed by atoms with Crippen molar-refractivity contribution in [2.75, 3.05) is 6.61 Å². The number of carbonyl (C=O) groups excluding carboxylic acids is 2. The van der Waals surface area contributed by atoms with Gasteiger partial charge in [0, 0.05) is 12.0 Å². The fourth-order valence-corrected chi connectivity index (χ4v) is 1.38. The van der Waals surface area contributed by atoms with E-state index < -0.39 is 17.7 Å². The van der Waals surface area contributed by atoms with E-state index in [9.17, 15) is 14.0 Å². The fourth-order valence-electron chi connectivity index (χ4n) is 1.38. The lowest BCUT2D eigenvalue weighted by atomic mass is 10.0. The topological polar surface area (TPSA) is 43.4 Å². The molecule has 1 rings (SSSR count). The van der Waals surface area contributed by atoms with Gasteiger partial charge in [-0.25, -0.2) is 4.39 Å². The highest BCUT2D eigenvalue weighted by Gasteiger charge is 2.25. The summed E-state index contributed by atoms with van der Waals surface area (Å²) < 4.78 is 18.7. The number of hydrogen-bond acceptors (Lipinski definition) is 3. The lowest BCUT2D eigenvalue weighted by Crippen LogP contribution is -2.25. The lowest BCUT2D eigenvalue weighted by Gasteiger charge is -2.07. The summed E-state index contributed by atoms with van der Waals surface area (Å²) in [4.78, 5) is 22.8. The molecule has 0 heterocycles. The highest BCUT2D eigenvalue weighted by Crippen LogP contribution is 2.16. The molecular weight excluding hydrogens is 223 g/mol. The minimum absolute atomic E-state index is 0.0120. The van der Waals surface area contributed by atoms with Crippen molar-refractivity contribution < 1.29 is 18.7 Å². The Hall–Kier alpha value is -1.71. The average Bonchev–Trinajstić information content (AvgIpc) is 2.36. The SMILES string of the molecule is CCOc1cccc(C(=O)C(F)C(=O)CC)c1. The first-order valence-electron chi connectivity index (χ1n) is 5.54. The van der Waals surface area contributed by atoms with Gasteiger partial charge in [0.15, 0.2) is 5.78 Å². The first-order valence-corrected chi connectivity index (χ1v) is 5.54. The van der Waals surface area contributed by atoms with Crippen LogP contribution in [0.2, 0.25) is 0 Å². The zero-order valence-corrected chi connectivity index (χ0v) is 9.90. The molecule has 0 amide bonds. The molecule has 3 nitrogen and oxygen atoms in total. The summed E-state index contributed by atoms with van der Waals surface area (Å²) in [5.41, 5.74) is 0.158. The maximum Gasteiger partial charge on any atom is 0.220 e. The third-order valence-corrected chi connectivity index (χ3v) is 2.29. The van der Waals surface area contributed by atoms with E-state index in [4.69, 9.17) is 4.74 Å². The smallest absolute Gasteiger partial charge is 0.220 e. The van der Waals surface area contributed by atoms with Gasteiger partial charge in [-0.3, -0.25) is 9.59 Å². The maximum absolute atomic E-state index is 13.5. The minimum atomic E-state index is -2.07. The van der Waals surface area contributed by atoms with Crippen molar-refractivity contribution in [2.24, 2.45) is 0 Å². The molecule has 0 radical (unpaired) electrons. The largest absolute Gasteiger partial charge is 0.494 e. The van der Waals surface area contributed by atoms with Crippen molar-refractivity contribution in [1.29, 1.82) is 0 Å². The summed E-state index contributed by atoms with van der Waals surface area (Å²) in [6, 6.07) is 6.19. The van der Waals surface area contributed by atoms with Crippen LogP contribution in [0.3, 0.4) is 0 Å². The Bertz CT molecular complexity index is 415. The summed E-state index contributed by atoms with van der Waals surface area (Å²) in [5.74, 6) is -1.01. The molecule has 1 aromatic rings. The van der Waals surface area contributed by atoms with Gasteiger partial charge < -0.3 is 4.74 Å². The van der Waals surface area contributed by atoms with Crippen LogP contribution in [0, 0.1) is 0 Å². The van der Waals surface area contributed by atoms with E-state index in [2.05, 4.69) is 0 Å². The molecule has 0 saturated carbocycles. The lowest BCUT2D eigenvalue weighted by molar-refractivity contribution is -0.121. The fraction of sp³-hybridized carbons (Fsp3) is 0.385. The molecule has 1 atom stereocenters. The van der Waals surface area contributed by atoms with Crippen molar-refractivity contribution in [1.82, 2.24) is 0 Å². The normalized spacial score (nSPS) is 11.9. The van der Waals surface area contributed by atoms with Gasteiger partial charge in [0.2, 0.25) is 12.0 Å². The zero-order valence-electron chi connectivity index (χ0n) is 9.90. The highest BCUT2D eigenvalue weighted by molar-refractivity contribution is 6.13. The van der Waals surface area contributed by atoms with Crippen LogP contribution in [0.4, 0.5) is 4.39 Å². The van der Waals surface area contributed by atoms with Crippen LogP contribution in [0.5, 0.6) is 5.75 Å². The molecule has 0 spiro atoms. The van der Waals surface area contributed by atoms with Gasteiger partial charge in [-0.1, -0.05) is 19.1 Å². The number of halogens is 1. The molecule has 0 fully saturated rings. The van der Waals surface area contributed by atoms with Crippen LogP contribution < -0.4 is 4.74 Å². The number of alkyl halides is 1. The van der Waals surface area contributed by atoms with Crippen molar-refractivity contribution in [3.63, 3.8) is 0 Å². The summed E-state index contributed by atoms with van der Waals surface area (Å²) in [7, 11) is 0. The van der Waals surface area contributed by atoms with E-state index in [0.717, 1.165) is 0 Å². The molecule has 1 unspecified atom stereocenters. The van der Waals surface area contributed by atoms with Gasteiger partial charge in [0.05, 0.1) is 6.61 Å². The molecule has 1 aromatic carbocycles. The van der Waals surface area contributed by atoms with Crippen LogP contribution >= 0.6 is 0 Å². The number of benzene rings is 1. The van der Waals surface area contributed by atoms with E-state index in [1.807, 2.05) is 6.92 Å². The molecule has 0 saturated heterocycles. The molecule has 4 heteroatoms. The van der Waals surface area contributed by atoms with Gasteiger partial charge in [-0.2, -0.15) is 0 Å². The third kappa shape index (κ3) is 3.37. The van der Waals surface area contributed by atoms with E-state index >= 15 is 0 Å². The number of rotatable bonds is 6. The monoisotopic (exact) mass is 238 g/mol. The predicted molar refractivity (Wildman–Crippen MR) is 62.1 cm³/mol. The van der Waals surface area contributed by atoms with Crippen LogP contribution in [0.25, 0.3) is 0 Å². The van der Waals surface area contributed by atoms with Crippen molar-refractivity contribution in [3.8, 4) is 5.75 Å². The molecular formula is C13H15FO3. The molecule has 0 aliphatic carbocycles. The minimum Gasteiger partial charge on any atom is -0.494 e. The Labute approximate surface area is 99.6 Å². The molecule has 92 valence electrons. The number of hydrogen-bond donors (Lipinski definition) is 0. The summed E-state index contributed by atoms with van der Waals surface area (Å²) >= 11 is 0. The Morgan fingerprint density at radius 3 is 2.65 bits per heavy atom. The van der Waals surface area contributed by atoms with Crippen LogP contribution in [0.15, 0.2) is 24.3 Å². The van der Waals surface area contributed by atoms with E-state index in [1.54, 1.807) is 12.1 Å². The predicted octanol–water partition coefficient (Wildman–Crippen LogP) is 2.59. The Morgan fingerprint density at radius 2 is 2.06 bits per heavy atom. The second-order valence-corrected chi connectivity index (χ2v) is 3.51. The molecule has 0 aromatic heterocycles. The second-order valence-electron chi connectivity index (χ2n) is 3.51. The third-order valence-electron chi connectivity index (χ3n) is 2.29. The number of Topliss-reactive ketones (excluding diaryl/α,β-unsaturated/α-hetero) is 2. The van der Waals surface area contributed by atoms with Crippen molar-refractivity contribution in [3.05, 3.63) is 29.8 Å². The van der Waals surface area contributed by atoms with Crippen LogP contribution in [-0.4, -0.2) is 24.3 Å². The van der Waals surface area contributed by atoms with Crippen LogP contribution in [-0.2, 0) is 4.79 Å². The Kier molecular flexibility index (Phi) is 4.82. The number of carbonyl (C=O) groups is 2. The summed E-state index contributed by atoms with van der Waals surface area (Å²) in [6.07, 6.45) is -2.06. The highest BCUT2D eigenvalue weighted by atomic mass is 19.1. The standard InChI is InChI=1S/C13H15FO3/c1-3-11(15)12(14)13(16)9-6-5-7-10(8-9)17-4-2/h5-8,12H,3-4H2,1-2H3. The molecule has 17 heavy (non-hydrogen) atoms. The van der Waals surface area contributed by atoms with E-state index in [1.165, 1.54) is 19.1 Å². The quantitative estimate of drug-likeness (QED) is 0.565. The van der Waals surface area contributed by atoms with Gasteiger partial charge in [-0.05, 0) is 19.1 Å². The van der Waals surface area contributed by atoms with Gasteiger partial charge in [-0.15, -0.1) is 0 Å². The summed E-state index contributed by atoms with van der Waals surface area (Å²) in [6.45, 7) is 3.80. The zero-order chi connectivity index (χ0) is 12.8. The number of ether oxygens (including phenoxy) is 1. The average molecular weight is 238 g/mol. The molecule has 0 aliphatic heterocycles. The Morgan fingerprint density at radius 1 is 1.35 bits per heavy atom. The maximum atomic E-state index is 13.5. The molecule has 0 bridgehead atoms. The van der Waals surface area contributed by atoms with Gasteiger partial charge in [0.1, 0.15) is 5.75 Å². The number of ketones is 2. The molecule has 0 aliphatic rings. The van der Waals surface area contributed by atoms with Gasteiger partial charge in [0.25, 0.3) is 0 Å². The second kappa shape index (κ2) is 6.13. The van der Waals surface area contributed by atoms with Gasteiger partial charge >= 0.3 is 0 Å². The van der Waals surface area contributed by atoms with E-state index in [0.29, 0.717) is 12.4 Å². The molecule has 0 N–H and O–H groups in total. The van der Waals surface area contributed by atoms with Crippen molar-refractivity contribution in [2.45, 2.75) is 26.4 Å². The van der Waals surface area contributed by atoms with Crippen molar-refractivity contribution >= 4 is 11.6 Å². The Balaban J connectivity index is 2.88. The summed E-state index contributed by atoms with van der Waals surface area (Å²) in [5, 5.41) is 0. The van der Waals surface area contributed by atoms with E-state index in [-0.39, 0.29) is 12.0 Å². The first kappa shape index (κ1) is 13.4. The van der Waals surface area contributed by atoms with Crippen LogP contribution in [0.1, 0.15) is 30.6 Å². The first-order chi connectivity index (χ1) is 8.10.